The van der Waals surface area contributed by atoms with Crippen molar-refractivity contribution in [2.24, 2.45) is 0 Å². The van der Waals surface area contributed by atoms with E-state index in [0.29, 0.717) is 0 Å². The van der Waals surface area contributed by atoms with Crippen LogP contribution in [-0.2, 0) is 31.9 Å². The SMILES string of the molecule is Cc1ccnc(-n2c3[c-]c(-c4cc(C(C)(C)c5ccccc5)cc5c4nc(-c4cccc6c4[n-]c4ccccc46)n5-c4cc(C)c(-c5ccccc5)c(C)c4)ccc3c3cc(C(C)(C)C)ccc32)c1.[Pt+2]. The fourth-order valence-electron chi connectivity index (χ4n) is 10.8. The maximum absolute atomic E-state index is 5.83. The molecular weight excluding hydrogens is 1030 g/mol. The van der Waals surface area contributed by atoms with E-state index in [1.54, 1.807) is 0 Å². The molecule has 12 rings (SSSR count). The summed E-state index contributed by atoms with van der Waals surface area (Å²) in [4.78, 5) is 16.1. The number of hydrogen-bond acceptors (Lipinski definition) is 2. The molecule has 0 aliphatic heterocycles. The second-order valence-electron chi connectivity index (χ2n) is 20.4. The molecule has 344 valence electrons. The molecule has 0 spiro atoms. The van der Waals surface area contributed by atoms with Crippen LogP contribution in [0.25, 0.3) is 99.8 Å². The second kappa shape index (κ2) is 17.0. The molecule has 4 heterocycles. The van der Waals surface area contributed by atoms with E-state index in [9.17, 15) is 0 Å². The fraction of sp³-hybridized carbons (Fsp3) is 0.156. The van der Waals surface area contributed by atoms with Crippen LogP contribution in [0, 0.1) is 26.8 Å². The van der Waals surface area contributed by atoms with E-state index in [0.717, 1.165) is 88.8 Å². The summed E-state index contributed by atoms with van der Waals surface area (Å²) >= 11 is 0. The normalized spacial score (nSPS) is 12.2. The molecule has 0 fully saturated rings. The Hall–Kier alpha value is -7.33. The largest absolute Gasteiger partial charge is 2.00 e. The summed E-state index contributed by atoms with van der Waals surface area (Å²) in [7, 11) is 0. The number of nitrogens with zero attached hydrogens (tertiary/aromatic N) is 5. The van der Waals surface area contributed by atoms with E-state index in [4.69, 9.17) is 15.0 Å². The van der Waals surface area contributed by atoms with Crippen LogP contribution in [0.1, 0.15) is 68.0 Å². The quantitative estimate of drug-likeness (QED) is 0.149. The first kappa shape index (κ1) is 45.1. The van der Waals surface area contributed by atoms with Crippen LogP contribution in [-0.4, -0.2) is 19.1 Å². The van der Waals surface area contributed by atoms with Crippen molar-refractivity contribution in [1.82, 2.24) is 24.1 Å². The Labute approximate surface area is 424 Å². The first-order valence-electron chi connectivity index (χ1n) is 24.0. The summed E-state index contributed by atoms with van der Waals surface area (Å²) in [6.07, 6.45) is 1.91. The van der Waals surface area contributed by atoms with Gasteiger partial charge in [0.05, 0.1) is 11.0 Å². The monoisotopic (exact) mass is 1090 g/mol. The number of para-hydroxylation sites is 2. The van der Waals surface area contributed by atoms with E-state index in [2.05, 4.69) is 240 Å². The van der Waals surface area contributed by atoms with Gasteiger partial charge in [-0.25, -0.2) is 9.97 Å². The standard InChI is InChI=1S/C64H53N5.Pt/c1-39-30-31-65-58(32-39)69-55-29-27-45(63(4,5)6)36-53(55)49-28-26-43(35-56(49)69)52-37-46(64(7,8)44-20-13-10-14-21-44)38-57-61(52)67-62(51-24-17-23-50-48-22-15-16-25-54(48)66-60(50)51)68(57)47-33-40(2)59(41(3)34-47)42-18-11-9-12-19-42;/h9-34,36-38H,1-8H3;/q-2;+2. The number of pyridine rings is 1. The van der Waals surface area contributed by atoms with Crippen LogP contribution in [0.4, 0.5) is 0 Å². The van der Waals surface area contributed by atoms with Gasteiger partial charge in [0, 0.05) is 28.4 Å². The van der Waals surface area contributed by atoms with Crippen molar-refractivity contribution in [3.63, 3.8) is 0 Å². The van der Waals surface area contributed by atoms with Gasteiger partial charge in [-0.1, -0.05) is 167 Å². The molecule has 0 saturated carbocycles. The van der Waals surface area contributed by atoms with Crippen molar-refractivity contribution in [3.05, 3.63) is 216 Å². The van der Waals surface area contributed by atoms with Gasteiger partial charge in [-0.3, -0.25) is 4.57 Å². The average molecular weight is 1090 g/mol. The maximum atomic E-state index is 5.83. The minimum absolute atomic E-state index is 0. The van der Waals surface area contributed by atoms with Crippen molar-refractivity contribution in [3.8, 4) is 45.1 Å². The van der Waals surface area contributed by atoms with E-state index in [1.165, 1.54) is 44.3 Å². The molecule has 5 nitrogen and oxygen atoms in total. The number of imidazole rings is 1. The van der Waals surface area contributed by atoms with Crippen molar-refractivity contribution >= 4 is 54.6 Å². The molecule has 0 radical (unpaired) electrons. The number of benzene rings is 8. The van der Waals surface area contributed by atoms with Crippen molar-refractivity contribution in [2.45, 2.75) is 66.2 Å². The molecule has 6 heteroatoms. The van der Waals surface area contributed by atoms with Crippen LogP contribution in [0.5, 0.6) is 0 Å². The Morgan fingerprint density at radius 1 is 0.543 bits per heavy atom. The molecule has 0 amide bonds. The van der Waals surface area contributed by atoms with Crippen LogP contribution in [0.15, 0.2) is 176 Å². The third-order valence-electron chi connectivity index (χ3n) is 14.5. The van der Waals surface area contributed by atoms with Gasteiger partial charge >= 0.3 is 21.1 Å². The zero-order valence-corrected chi connectivity index (χ0v) is 43.1. The summed E-state index contributed by atoms with van der Waals surface area (Å²) in [5, 5.41) is 4.58. The minimum atomic E-state index is -0.374. The van der Waals surface area contributed by atoms with Crippen LogP contribution >= 0.6 is 0 Å². The summed E-state index contributed by atoms with van der Waals surface area (Å²) in [6, 6.07) is 65.7. The molecule has 12 aromatic rings. The number of fused-ring (bicyclic) bond motifs is 7. The van der Waals surface area contributed by atoms with Gasteiger partial charge in [0.1, 0.15) is 11.6 Å². The number of aryl methyl sites for hydroxylation is 3. The van der Waals surface area contributed by atoms with Crippen molar-refractivity contribution in [2.75, 3.05) is 0 Å². The zero-order valence-electron chi connectivity index (χ0n) is 40.8. The van der Waals surface area contributed by atoms with E-state index >= 15 is 0 Å². The van der Waals surface area contributed by atoms with Crippen molar-refractivity contribution in [1.29, 1.82) is 0 Å². The molecule has 0 aliphatic rings. The predicted octanol–water partition coefficient (Wildman–Crippen LogP) is 16.1. The molecule has 0 unspecified atom stereocenters. The third kappa shape index (κ3) is 7.33. The first-order valence-corrected chi connectivity index (χ1v) is 24.0. The molecule has 70 heavy (non-hydrogen) atoms. The molecule has 0 atom stereocenters. The fourth-order valence-corrected chi connectivity index (χ4v) is 10.8. The van der Waals surface area contributed by atoms with Gasteiger partial charge in [-0.2, -0.15) is 0 Å². The van der Waals surface area contributed by atoms with Gasteiger partial charge in [-0.15, -0.1) is 34.8 Å². The van der Waals surface area contributed by atoms with Crippen molar-refractivity contribution < 1.29 is 21.1 Å². The number of hydrogen-bond donors (Lipinski definition) is 0. The minimum Gasteiger partial charge on any atom is -0.656 e. The zero-order chi connectivity index (χ0) is 47.3. The number of aromatic nitrogens is 5. The maximum Gasteiger partial charge on any atom is 2.00 e. The summed E-state index contributed by atoms with van der Waals surface area (Å²) in [6.45, 7) is 18.1. The van der Waals surface area contributed by atoms with E-state index in [1.807, 2.05) is 6.20 Å². The molecular formula is C64H53N5Pt. The Morgan fingerprint density at radius 2 is 1.26 bits per heavy atom. The Morgan fingerprint density at radius 3 is 2.00 bits per heavy atom. The first-order chi connectivity index (χ1) is 33.3. The number of rotatable bonds is 7. The van der Waals surface area contributed by atoms with Crippen LogP contribution in [0.2, 0.25) is 0 Å². The topological polar surface area (TPSA) is 49.7 Å². The smallest absolute Gasteiger partial charge is 0.656 e. The summed E-state index contributed by atoms with van der Waals surface area (Å²) in [5.74, 6) is 1.71. The van der Waals surface area contributed by atoms with Gasteiger partial charge in [-0.05, 0) is 129 Å². The molecule has 0 saturated heterocycles. The van der Waals surface area contributed by atoms with Crippen LogP contribution in [0.3, 0.4) is 0 Å². The molecule has 8 aromatic carbocycles. The second-order valence-corrected chi connectivity index (χ2v) is 20.4. The van der Waals surface area contributed by atoms with Gasteiger partial charge in [0.15, 0.2) is 0 Å². The average Bonchev–Trinajstić information content (AvgIpc) is 4.03. The van der Waals surface area contributed by atoms with E-state index in [-0.39, 0.29) is 31.9 Å². The predicted molar refractivity (Wildman–Crippen MR) is 288 cm³/mol. The summed E-state index contributed by atoms with van der Waals surface area (Å²) in [5.41, 5.74) is 19.2. The van der Waals surface area contributed by atoms with Gasteiger partial charge in [0.2, 0.25) is 0 Å². The van der Waals surface area contributed by atoms with E-state index < -0.39 is 0 Å². The van der Waals surface area contributed by atoms with Gasteiger partial charge in [0.25, 0.3) is 0 Å². The molecule has 0 N–H and O–H groups in total. The van der Waals surface area contributed by atoms with Gasteiger partial charge < -0.3 is 9.55 Å². The Kier molecular flexibility index (Phi) is 10.9. The van der Waals surface area contributed by atoms with Crippen LogP contribution < -0.4 is 4.98 Å². The third-order valence-corrected chi connectivity index (χ3v) is 14.5. The Bertz CT molecular complexity index is 3970. The molecule has 4 aromatic heterocycles. The summed E-state index contributed by atoms with van der Waals surface area (Å²) < 4.78 is 4.69. The molecule has 0 aliphatic carbocycles. The molecule has 0 bridgehead atoms. The Balaban J connectivity index is 0.00000533.